The molecule has 8 aromatic carbocycles. The number of hydrogen-bond donors (Lipinski definition) is 0. The Morgan fingerprint density at radius 2 is 1.08 bits per heavy atom. The molecule has 0 fully saturated rings. The van der Waals surface area contributed by atoms with Gasteiger partial charge in [0.15, 0.2) is 0 Å². The van der Waals surface area contributed by atoms with Crippen LogP contribution in [0.15, 0.2) is 176 Å². The monoisotopic (exact) mass is 685 g/mol. The van der Waals surface area contributed by atoms with E-state index in [-0.39, 0.29) is 0 Å². The Bertz CT molecular complexity index is 2780. The quantitative estimate of drug-likeness (QED) is 0.163. The van der Waals surface area contributed by atoms with Gasteiger partial charge in [-0.25, -0.2) is 0 Å². The van der Waals surface area contributed by atoms with E-state index in [0.29, 0.717) is 0 Å². The summed E-state index contributed by atoms with van der Waals surface area (Å²) in [5.74, 6) is 0. The summed E-state index contributed by atoms with van der Waals surface area (Å²) in [7, 11) is -1.91. The third kappa shape index (κ3) is 4.88. The van der Waals surface area contributed by atoms with Crippen LogP contribution in [0, 0.1) is 0 Å². The molecule has 0 N–H and O–H groups in total. The first-order valence-electron chi connectivity index (χ1n) is 17.7. The van der Waals surface area contributed by atoms with Crippen molar-refractivity contribution >= 4 is 77.8 Å². The van der Waals surface area contributed by atoms with E-state index >= 15 is 0 Å². The number of hydrogen-bond acceptors (Lipinski definition) is 2. The maximum Gasteiger partial charge on any atom is 0.113 e. The lowest BCUT2D eigenvalue weighted by atomic mass is 9.98. The minimum Gasteiger partial charge on any atom is -0.310 e. The number of nitrogens with zero attached hydrogens (tertiary/aromatic N) is 1. The Kier molecular flexibility index (Phi) is 6.89. The molecule has 0 unspecified atom stereocenters. The van der Waals surface area contributed by atoms with Crippen molar-refractivity contribution in [1.29, 1.82) is 0 Å². The molecule has 1 nitrogen and oxygen atoms in total. The number of thiophene rings is 1. The lowest BCUT2D eigenvalue weighted by molar-refractivity contribution is 1.29. The van der Waals surface area contributed by atoms with E-state index in [0.717, 1.165) is 11.4 Å². The van der Waals surface area contributed by atoms with E-state index in [1.807, 2.05) is 11.3 Å². The van der Waals surface area contributed by atoms with Gasteiger partial charge in [0.2, 0.25) is 0 Å². The molecule has 1 aliphatic heterocycles. The summed E-state index contributed by atoms with van der Waals surface area (Å²) in [4.78, 5) is 2.44. The number of anilines is 3. The van der Waals surface area contributed by atoms with Gasteiger partial charge in [0.05, 0.1) is 0 Å². The van der Waals surface area contributed by atoms with Gasteiger partial charge in [0, 0.05) is 37.2 Å². The van der Waals surface area contributed by atoms with Crippen LogP contribution in [0.3, 0.4) is 0 Å². The van der Waals surface area contributed by atoms with Gasteiger partial charge in [-0.1, -0.05) is 134 Å². The SMILES string of the molecule is C[Si]1(C)c2ccc(N(c3ccc(-c4ccc5ccccc5c4)cc3)c3cccc(-c4ccccc4)c3)cc2-c2c1ccc1sc3ccccc3c21. The van der Waals surface area contributed by atoms with E-state index in [4.69, 9.17) is 0 Å². The highest BCUT2D eigenvalue weighted by atomic mass is 32.1. The Hall–Kier alpha value is -5.74. The van der Waals surface area contributed by atoms with Crippen molar-refractivity contribution in [2.45, 2.75) is 13.1 Å². The predicted molar refractivity (Wildman–Crippen MR) is 225 cm³/mol. The van der Waals surface area contributed by atoms with Crippen LogP contribution in [0.2, 0.25) is 13.1 Å². The number of rotatable bonds is 5. The van der Waals surface area contributed by atoms with E-state index in [1.165, 1.54) is 75.2 Å². The second kappa shape index (κ2) is 11.7. The molecule has 9 aromatic rings. The summed E-state index contributed by atoms with van der Waals surface area (Å²) in [5.41, 5.74) is 11.2. The van der Waals surface area contributed by atoms with Gasteiger partial charge >= 0.3 is 0 Å². The van der Waals surface area contributed by atoms with Crippen LogP contribution in [0.5, 0.6) is 0 Å². The maximum absolute atomic E-state index is 2.52. The molecular weight excluding hydrogens is 651 g/mol. The van der Waals surface area contributed by atoms with E-state index in [2.05, 4.69) is 194 Å². The third-order valence-corrected chi connectivity index (χ3v) is 15.5. The first-order chi connectivity index (χ1) is 25.0. The van der Waals surface area contributed by atoms with Crippen LogP contribution in [0.4, 0.5) is 17.1 Å². The largest absolute Gasteiger partial charge is 0.310 e. The molecule has 1 aliphatic rings. The third-order valence-electron chi connectivity index (χ3n) is 10.8. The molecule has 0 saturated carbocycles. The van der Waals surface area contributed by atoms with Crippen LogP contribution in [-0.2, 0) is 0 Å². The second-order valence-electron chi connectivity index (χ2n) is 14.2. The van der Waals surface area contributed by atoms with Crippen molar-refractivity contribution in [3.8, 4) is 33.4 Å². The van der Waals surface area contributed by atoms with Crippen LogP contribution < -0.4 is 15.3 Å². The van der Waals surface area contributed by atoms with E-state index < -0.39 is 8.07 Å². The van der Waals surface area contributed by atoms with Gasteiger partial charge in [0.1, 0.15) is 8.07 Å². The molecule has 3 heteroatoms. The average molecular weight is 686 g/mol. The lowest BCUT2D eigenvalue weighted by Crippen LogP contribution is -2.49. The summed E-state index contributed by atoms with van der Waals surface area (Å²) in [6.07, 6.45) is 0. The van der Waals surface area contributed by atoms with Crippen LogP contribution in [-0.4, -0.2) is 8.07 Å². The van der Waals surface area contributed by atoms with Gasteiger partial charge < -0.3 is 4.90 Å². The molecule has 0 saturated heterocycles. The Morgan fingerprint density at radius 1 is 0.431 bits per heavy atom. The molecule has 242 valence electrons. The summed E-state index contributed by atoms with van der Waals surface area (Å²) in [6.45, 7) is 5.04. The fourth-order valence-electron chi connectivity index (χ4n) is 8.26. The maximum atomic E-state index is 2.52. The van der Waals surface area contributed by atoms with Crippen molar-refractivity contribution in [2.75, 3.05) is 4.90 Å². The van der Waals surface area contributed by atoms with E-state index in [1.54, 1.807) is 5.19 Å². The van der Waals surface area contributed by atoms with Gasteiger partial charge in [-0.2, -0.15) is 0 Å². The number of benzene rings is 8. The minimum absolute atomic E-state index is 1.14. The summed E-state index contributed by atoms with van der Waals surface area (Å²) < 4.78 is 2.73. The standard InChI is InChI=1S/C48H35NSSi/c1-51(2)45-27-25-40(31-42(45)48-46(51)28-26-44-47(48)41-17-8-9-18-43(41)50-44)49(39-16-10-15-36(30-39)32-11-4-3-5-12-32)38-23-21-34(22-24-38)37-20-19-33-13-6-7-14-35(33)29-37/h3-31H,1-2H3. The highest BCUT2D eigenvalue weighted by molar-refractivity contribution is 7.26. The molecule has 10 rings (SSSR count). The van der Waals surface area contributed by atoms with Gasteiger partial charge in [-0.05, 0) is 109 Å². The Labute approximate surface area is 303 Å². The molecule has 1 aromatic heterocycles. The zero-order valence-electron chi connectivity index (χ0n) is 28.6. The van der Waals surface area contributed by atoms with Crippen molar-refractivity contribution in [3.63, 3.8) is 0 Å². The Balaban J connectivity index is 1.16. The fraction of sp³-hybridized carbons (Fsp3) is 0.0417. The molecule has 2 heterocycles. The highest BCUT2D eigenvalue weighted by Gasteiger charge is 2.39. The highest BCUT2D eigenvalue weighted by Crippen LogP contribution is 2.45. The minimum atomic E-state index is -1.91. The van der Waals surface area contributed by atoms with Crippen LogP contribution in [0.25, 0.3) is 64.3 Å². The van der Waals surface area contributed by atoms with Crippen LogP contribution in [0.1, 0.15) is 0 Å². The molecule has 0 atom stereocenters. The smallest absolute Gasteiger partial charge is 0.113 e. The normalized spacial score (nSPS) is 13.1. The molecule has 0 bridgehead atoms. The number of fused-ring (bicyclic) bond motifs is 8. The molecular formula is C48H35NSSi. The predicted octanol–water partition coefficient (Wildman–Crippen LogP) is 12.8. The van der Waals surface area contributed by atoms with Crippen molar-refractivity contribution in [1.82, 2.24) is 0 Å². The topological polar surface area (TPSA) is 3.24 Å². The Morgan fingerprint density at radius 3 is 1.94 bits per heavy atom. The van der Waals surface area contributed by atoms with Crippen molar-refractivity contribution in [3.05, 3.63) is 176 Å². The molecule has 0 amide bonds. The van der Waals surface area contributed by atoms with Gasteiger partial charge in [0.25, 0.3) is 0 Å². The summed E-state index contributed by atoms with van der Waals surface area (Å²) in [5, 5.41) is 8.38. The molecule has 51 heavy (non-hydrogen) atoms. The first kappa shape index (κ1) is 30.1. The van der Waals surface area contributed by atoms with Gasteiger partial charge in [-0.3, -0.25) is 0 Å². The summed E-state index contributed by atoms with van der Waals surface area (Å²) in [6, 6.07) is 65.1. The summed E-state index contributed by atoms with van der Waals surface area (Å²) >= 11 is 1.91. The van der Waals surface area contributed by atoms with Crippen LogP contribution >= 0.6 is 11.3 Å². The first-order valence-corrected chi connectivity index (χ1v) is 21.5. The zero-order valence-corrected chi connectivity index (χ0v) is 30.4. The molecule has 0 spiro atoms. The molecule has 0 aliphatic carbocycles. The molecule has 0 radical (unpaired) electrons. The zero-order chi connectivity index (χ0) is 34.1. The second-order valence-corrected chi connectivity index (χ2v) is 19.6. The van der Waals surface area contributed by atoms with Crippen molar-refractivity contribution < 1.29 is 0 Å². The van der Waals surface area contributed by atoms with E-state index in [9.17, 15) is 0 Å². The lowest BCUT2D eigenvalue weighted by Gasteiger charge is -2.27. The van der Waals surface area contributed by atoms with Gasteiger partial charge in [-0.15, -0.1) is 11.3 Å². The van der Waals surface area contributed by atoms with Crippen molar-refractivity contribution in [2.24, 2.45) is 0 Å². The average Bonchev–Trinajstić information content (AvgIpc) is 3.67. The fourth-order valence-corrected chi connectivity index (χ4v) is 12.4.